The molecule has 0 aromatic heterocycles. The van der Waals surface area contributed by atoms with Gasteiger partial charge in [0.15, 0.2) is 0 Å². The van der Waals surface area contributed by atoms with Crippen molar-refractivity contribution in [3.8, 4) is 0 Å². The fraction of sp³-hybridized carbons (Fsp3) is 1.00. The smallest absolute Gasteiger partial charge is 0.0923 e. The van der Waals surface area contributed by atoms with Gasteiger partial charge in [-0.05, 0) is 30.9 Å². The van der Waals surface area contributed by atoms with Crippen LogP contribution in [-0.2, 0) is 0 Å². The highest BCUT2D eigenvalue weighted by molar-refractivity contribution is 8.00. The van der Waals surface area contributed by atoms with Crippen molar-refractivity contribution in [1.82, 2.24) is 0 Å². The summed E-state index contributed by atoms with van der Waals surface area (Å²) in [5, 5.41) is 10.6. The first-order chi connectivity index (χ1) is 5.64. The van der Waals surface area contributed by atoms with Gasteiger partial charge in [-0.1, -0.05) is 6.92 Å². The van der Waals surface area contributed by atoms with E-state index >= 15 is 0 Å². The van der Waals surface area contributed by atoms with Crippen LogP contribution in [0.1, 0.15) is 26.2 Å². The third-order valence-electron chi connectivity index (χ3n) is 3.28. The molecule has 1 aliphatic carbocycles. The van der Waals surface area contributed by atoms with Crippen LogP contribution in [0, 0.1) is 5.92 Å². The second-order valence-electron chi connectivity index (χ2n) is 4.12. The Morgan fingerprint density at radius 3 is 2.67 bits per heavy atom. The molecule has 3 N–H and O–H groups in total. The van der Waals surface area contributed by atoms with E-state index in [1.165, 1.54) is 12.8 Å². The SMILES string of the molecule is CC1SCCC1(O)C(N)C1CC1. The summed E-state index contributed by atoms with van der Waals surface area (Å²) >= 11 is 1.85. The van der Waals surface area contributed by atoms with E-state index in [-0.39, 0.29) is 6.04 Å². The highest BCUT2D eigenvalue weighted by Gasteiger charge is 2.49. The van der Waals surface area contributed by atoms with Crippen molar-refractivity contribution >= 4 is 11.8 Å². The van der Waals surface area contributed by atoms with Crippen molar-refractivity contribution < 1.29 is 5.11 Å². The molecule has 1 saturated carbocycles. The summed E-state index contributed by atoms with van der Waals surface area (Å²) in [7, 11) is 0. The zero-order valence-corrected chi connectivity index (χ0v) is 8.31. The van der Waals surface area contributed by atoms with Crippen LogP contribution in [0.2, 0.25) is 0 Å². The average Bonchev–Trinajstić information content (AvgIpc) is 2.81. The van der Waals surface area contributed by atoms with Crippen LogP contribution in [0.15, 0.2) is 0 Å². The normalized spacial score (nSPS) is 44.8. The second kappa shape index (κ2) is 2.89. The fourth-order valence-electron chi connectivity index (χ4n) is 2.05. The van der Waals surface area contributed by atoms with E-state index < -0.39 is 5.60 Å². The Bertz CT molecular complexity index is 183. The molecule has 12 heavy (non-hydrogen) atoms. The number of nitrogens with two attached hydrogens (primary N) is 1. The van der Waals surface area contributed by atoms with Crippen molar-refractivity contribution in [3.05, 3.63) is 0 Å². The van der Waals surface area contributed by atoms with Crippen molar-refractivity contribution in [1.29, 1.82) is 0 Å². The van der Waals surface area contributed by atoms with Crippen LogP contribution in [-0.4, -0.2) is 27.8 Å². The van der Waals surface area contributed by atoms with Crippen LogP contribution >= 0.6 is 11.8 Å². The molecule has 70 valence electrons. The lowest BCUT2D eigenvalue weighted by Gasteiger charge is -2.33. The topological polar surface area (TPSA) is 46.2 Å². The zero-order valence-electron chi connectivity index (χ0n) is 7.49. The van der Waals surface area contributed by atoms with Crippen molar-refractivity contribution in [2.45, 2.75) is 43.1 Å². The Kier molecular flexibility index (Phi) is 2.13. The summed E-state index contributed by atoms with van der Waals surface area (Å²) < 4.78 is 0. The van der Waals surface area contributed by atoms with Gasteiger partial charge in [-0.3, -0.25) is 0 Å². The van der Waals surface area contributed by atoms with E-state index in [1.807, 2.05) is 11.8 Å². The summed E-state index contributed by atoms with van der Waals surface area (Å²) in [4.78, 5) is 0. The van der Waals surface area contributed by atoms with Crippen LogP contribution in [0.4, 0.5) is 0 Å². The Morgan fingerprint density at radius 1 is 1.58 bits per heavy atom. The lowest BCUT2D eigenvalue weighted by molar-refractivity contribution is 0.0127. The number of rotatable bonds is 2. The van der Waals surface area contributed by atoms with Gasteiger partial charge in [-0.25, -0.2) is 0 Å². The predicted octanol–water partition coefficient (Wildman–Crippen LogP) is 0.980. The minimum Gasteiger partial charge on any atom is -0.387 e. The van der Waals surface area contributed by atoms with Gasteiger partial charge in [0.1, 0.15) is 0 Å². The van der Waals surface area contributed by atoms with Crippen molar-refractivity contribution in [3.63, 3.8) is 0 Å². The Morgan fingerprint density at radius 2 is 2.25 bits per heavy atom. The largest absolute Gasteiger partial charge is 0.387 e. The van der Waals surface area contributed by atoms with Gasteiger partial charge in [-0.2, -0.15) is 11.8 Å². The molecular formula is C9H17NOS. The average molecular weight is 187 g/mol. The number of thioether (sulfide) groups is 1. The first-order valence-electron chi connectivity index (χ1n) is 4.74. The van der Waals surface area contributed by atoms with E-state index in [0.717, 1.165) is 12.2 Å². The molecule has 0 radical (unpaired) electrons. The van der Waals surface area contributed by atoms with E-state index in [2.05, 4.69) is 6.92 Å². The highest BCUT2D eigenvalue weighted by atomic mass is 32.2. The molecular weight excluding hydrogens is 170 g/mol. The van der Waals surface area contributed by atoms with Gasteiger partial charge < -0.3 is 10.8 Å². The third kappa shape index (κ3) is 1.28. The Balaban J connectivity index is 2.07. The minimum absolute atomic E-state index is 0.0301. The standard InChI is InChI=1S/C9H17NOS/c1-6-9(11,4-5-12-6)8(10)7-2-3-7/h6-8,11H,2-5,10H2,1H3. The number of hydrogen-bond donors (Lipinski definition) is 2. The molecule has 1 aliphatic heterocycles. The molecule has 0 amide bonds. The zero-order chi connectivity index (χ0) is 8.77. The summed E-state index contributed by atoms with van der Waals surface area (Å²) in [6, 6.07) is 0.0301. The molecule has 0 spiro atoms. The monoisotopic (exact) mass is 187 g/mol. The molecule has 3 unspecified atom stereocenters. The van der Waals surface area contributed by atoms with Gasteiger partial charge in [0.25, 0.3) is 0 Å². The Labute approximate surface area is 77.9 Å². The maximum atomic E-state index is 10.3. The predicted molar refractivity (Wildman–Crippen MR) is 52.2 cm³/mol. The molecule has 0 aromatic carbocycles. The molecule has 2 nitrogen and oxygen atoms in total. The highest BCUT2D eigenvalue weighted by Crippen LogP contribution is 2.44. The summed E-state index contributed by atoms with van der Waals surface area (Å²) in [6.45, 7) is 2.10. The summed E-state index contributed by atoms with van der Waals surface area (Å²) in [5.41, 5.74) is 5.48. The molecule has 2 aliphatic rings. The van der Waals surface area contributed by atoms with E-state index in [0.29, 0.717) is 11.2 Å². The lowest BCUT2D eigenvalue weighted by atomic mass is 9.86. The van der Waals surface area contributed by atoms with Crippen LogP contribution < -0.4 is 5.73 Å². The molecule has 1 saturated heterocycles. The minimum atomic E-state index is -0.564. The summed E-state index contributed by atoms with van der Waals surface area (Å²) in [5.74, 6) is 1.68. The van der Waals surface area contributed by atoms with Gasteiger partial charge in [0.2, 0.25) is 0 Å². The molecule has 0 aromatic rings. The maximum Gasteiger partial charge on any atom is 0.0923 e. The van der Waals surface area contributed by atoms with Crippen LogP contribution in [0.3, 0.4) is 0 Å². The quantitative estimate of drug-likeness (QED) is 0.677. The van der Waals surface area contributed by atoms with Gasteiger partial charge in [-0.15, -0.1) is 0 Å². The van der Waals surface area contributed by atoms with Crippen LogP contribution in [0.25, 0.3) is 0 Å². The Hall–Kier alpha value is 0.270. The molecule has 0 bridgehead atoms. The van der Waals surface area contributed by atoms with E-state index in [9.17, 15) is 5.11 Å². The van der Waals surface area contributed by atoms with Crippen LogP contribution in [0.5, 0.6) is 0 Å². The first-order valence-corrected chi connectivity index (χ1v) is 5.79. The molecule has 3 atom stereocenters. The first kappa shape index (κ1) is 8.85. The van der Waals surface area contributed by atoms with E-state index in [4.69, 9.17) is 5.73 Å². The van der Waals surface area contributed by atoms with Crippen molar-refractivity contribution in [2.24, 2.45) is 11.7 Å². The summed E-state index contributed by atoms with van der Waals surface area (Å²) in [6.07, 6.45) is 3.33. The van der Waals surface area contributed by atoms with E-state index in [1.54, 1.807) is 0 Å². The van der Waals surface area contributed by atoms with Gasteiger partial charge in [0.05, 0.1) is 5.60 Å². The number of aliphatic hydroxyl groups is 1. The molecule has 3 heteroatoms. The lowest BCUT2D eigenvalue weighted by Crippen LogP contribution is -2.53. The molecule has 2 rings (SSSR count). The van der Waals surface area contributed by atoms with Crippen molar-refractivity contribution in [2.75, 3.05) is 5.75 Å². The maximum absolute atomic E-state index is 10.3. The second-order valence-corrected chi connectivity index (χ2v) is 5.57. The third-order valence-corrected chi connectivity index (χ3v) is 4.63. The molecule has 2 fully saturated rings. The van der Waals surface area contributed by atoms with Gasteiger partial charge >= 0.3 is 0 Å². The van der Waals surface area contributed by atoms with Gasteiger partial charge in [0, 0.05) is 11.3 Å². The molecule has 1 heterocycles. The fourth-order valence-corrected chi connectivity index (χ4v) is 3.41. The number of hydrogen-bond acceptors (Lipinski definition) is 3.